The van der Waals surface area contributed by atoms with Gasteiger partial charge in [0.1, 0.15) is 17.4 Å². The number of aromatic nitrogens is 3. The van der Waals surface area contributed by atoms with E-state index in [1.807, 2.05) is 43.0 Å². The first-order valence-electron chi connectivity index (χ1n) is 10.6. The van der Waals surface area contributed by atoms with Crippen LogP contribution in [0.3, 0.4) is 0 Å². The molecule has 0 atom stereocenters. The molecule has 3 heterocycles. The number of benzene rings is 1. The zero-order valence-electron chi connectivity index (χ0n) is 18.8. The van der Waals surface area contributed by atoms with Crippen LogP contribution in [0.25, 0.3) is 11.4 Å². The van der Waals surface area contributed by atoms with Crippen molar-refractivity contribution < 1.29 is 9.53 Å². The number of amides is 1. The van der Waals surface area contributed by atoms with Gasteiger partial charge >= 0.3 is 0 Å². The lowest BCUT2D eigenvalue weighted by atomic mass is 10.1. The van der Waals surface area contributed by atoms with Gasteiger partial charge in [-0.25, -0.2) is 9.97 Å². The summed E-state index contributed by atoms with van der Waals surface area (Å²) in [5.74, 6) is 2.08. The Morgan fingerprint density at radius 2 is 1.81 bits per heavy atom. The van der Waals surface area contributed by atoms with Gasteiger partial charge in [-0.2, -0.15) is 0 Å². The molecular formula is C24H27N5O3. The average Bonchev–Trinajstić information content (AvgIpc) is 2.82. The Morgan fingerprint density at radius 3 is 2.44 bits per heavy atom. The summed E-state index contributed by atoms with van der Waals surface area (Å²) in [5, 5.41) is 0. The molecule has 1 aliphatic heterocycles. The van der Waals surface area contributed by atoms with Crippen molar-refractivity contribution in [3.8, 4) is 17.1 Å². The molecule has 1 amide bonds. The van der Waals surface area contributed by atoms with Gasteiger partial charge in [0.2, 0.25) is 0 Å². The van der Waals surface area contributed by atoms with E-state index in [9.17, 15) is 9.59 Å². The molecule has 8 nitrogen and oxygen atoms in total. The van der Waals surface area contributed by atoms with Crippen LogP contribution in [0.1, 0.15) is 27.2 Å². The van der Waals surface area contributed by atoms with Gasteiger partial charge in [-0.1, -0.05) is 6.07 Å². The number of methoxy groups -OCH3 is 1. The number of anilines is 1. The molecule has 4 rings (SSSR count). The van der Waals surface area contributed by atoms with Crippen molar-refractivity contribution in [1.29, 1.82) is 0 Å². The van der Waals surface area contributed by atoms with Crippen LogP contribution in [-0.2, 0) is 0 Å². The quantitative estimate of drug-likeness (QED) is 0.680. The van der Waals surface area contributed by atoms with E-state index in [1.165, 1.54) is 0 Å². The minimum Gasteiger partial charge on any atom is -0.496 e. The van der Waals surface area contributed by atoms with Crippen LogP contribution in [0, 0.1) is 20.8 Å². The standard InChI is InChI=1S/C24H27N5O3/c1-15-5-6-18(13-20(15)32-4)24(31)29-11-9-28(10-12-29)21-8-7-19(14-25-21)22-26-17(3)16(2)23(30)27-22/h5-8,13-14H,9-12H2,1-4H3,(H,26,27,30). The predicted octanol–water partition coefficient (Wildman–Crippen LogP) is 2.73. The van der Waals surface area contributed by atoms with Crippen LogP contribution >= 0.6 is 0 Å². The van der Waals surface area contributed by atoms with Crippen molar-refractivity contribution in [1.82, 2.24) is 19.9 Å². The summed E-state index contributed by atoms with van der Waals surface area (Å²) in [5.41, 5.74) is 3.59. The van der Waals surface area contributed by atoms with Gasteiger partial charge in [0.05, 0.1) is 7.11 Å². The summed E-state index contributed by atoms with van der Waals surface area (Å²) in [7, 11) is 1.61. The maximum atomic E-state index is 12.9. The summed E-state index contributed by atoms with van der Waals surface area (Å²) < 4.78 is 5.35. The largest absolute Gasteiger partial charge is 0.496 e. The number of ether oxygens (including phenoxy) is 1. The molecule has 1 fully saturated rings. The predicted molar refractivity (Wildman–Crippen MR) is 123 cm³/mol. The molecule has 1 aromatic carbocycles. The molecule has 0 radical (unpaired) electrons. The van der Waals surface area contributed by atoms with Crippen LogP contribution in [0.2, 0.25) is 0 Å². The number of aromatic amines is 1. The maximum Gasteiger partial charge on any atom is 0.254 e. The molecule has 0 unspecified atom stereocenters. The highest BCUT2D eigenvalue weighted by Gasteiger charge is 2.23. The Morgan fingerprint density at radius 1 is 1.06 bits per heavy atom. The number of nitrogens with one attached hydrogen (secondary N) is 1. The lowest BCUT2D eigenvalue weighted by Crippen LogP contribution is -2.49. The molecule has 0 spiro atoms. The Balaban J connectivity index is 1.42. The van der Waals surface area contributed by atoms with Crippen molar-refractivity contribution in [3.05, 3.63) is 69.3 Å². The molecule has 166 valence electrons. The summed E-state index contributed by atoms with van der Waals surface area (Å²) >= 11 is 0. The lowest BCUT2D eigenvalue weighted by molar-refractivity contribution is 0.0746. The van der Waals surface area contributed by atoms with Crippen LogP contribution < -0.4 is 15.2 Å². The minimum atomic E-state index is -0.136. The molecule has 2 aromatic heterocycles. The third-order valence-corrected chi connectivity index (χ3v) is 5.96. The molecule has 0 aliphatic carbocycles. The van der Waals surface area contributed by atoms with Gasteiger partial charge in [-0.15, -0.1) is 0 Å². The van der Waals surface area contributed by atoms with Gasteiger partial charge in [0.25, 0.3) is 11.5 Å². The smallest absolute Gasteiger partial charge is 0.254 e. The van der Waals surface area contributed by atoms with E-state index in [2.05, 4.69) is 19.9 Å². The van der Waals surface area contributed by atoms with Gasteiger partial charge < -0.3 is 19.5 Å². The van der Waals surface area contributed by atoms with E-state index in [0.29, 0.717) is 48.8 Å². The van der Waals surface area contributed by atoms with Crippen molar-refractivity contribution in [2.45, 2.75) is 20.8 Å². The average molecular weight is 434 g/mol. The molecule has 0 bridgehead atoms. The molecular weight excluding hydrogens is 406 g/mol. The highest BCUT2D eigenvalue weighted by molar-refractivity contribution is 5.95. The highest BCUT2D eigenvalue weighted by atomic mass is 16.5. The second kappa shape index (κ2) is 8.82. The summed E-state index contributed by atoms with van der Waals surface area (Å²) in [6.07, 6.45) is 1.72. The molecule has 1 aliphatic rings. The second-order valence-corrected chi connectivity index (χ2v) is 7.99. The second-order valence-electron chi connectivity index (χ2n) is 7.99. The first-order valence-corrected chi connectivity index (χ1v) is 10.6. The number of pyridine rings is 1. The van der Waals surface area contributed by atoms with E-state index in [0.717, 1.165) is 22.7 Å². The molecule has 32 heavy (non-hydrogen) atoms. The van der Waals surface area contributed by atoms with Crippen molar-refractivity contribution in [2.24, 2.45) is 0 Å². The van der Waals surface area contributed by atoms with Crippen LogP contribution in [0.15, 0.2) is 41.3 Å². The van der Waals surface area contributed by atoms with Crippen LogP contribution in [-0.4, -0.2) is 59.0 Å². The van der Waals surface area contributed by atoms with Crippen LogP contribution in [0.4, 0.5) is 5.82 Å². The van der Waals surface area contributed by atoms with Gasteiger partial charge in [-0.3, -0.25) is 9.59 Å². The molecule has 3 aromatic rings. The van der Waals surface area contributed by atoms with Crippen molar-refractivity contribution >= 4 is 11.7 Å². The SMILES string of the molecule is COc1cc(C(=O)N2CCN(c3ccc(-c4nc(C)c(C)c(=O)[nH]4)cn3)CC2)ccc1C. The molecule has 8 heteroatoms. The molecule has 0 saturated carbocycles. The zero-order valence-corrected chi connectivity index (χ0v) is 18.8. The number of rotatable bonds is 4. The van der Waals surface area contributed by atoms with Gasteiger partial charge in [-0.05, 0) is 50.6 Å². The van der Waals surface area contributed by atoms with Crippen molar-refractivity contribution in [3.63, 3.8) is 0 Å². The maximum absolute atomic E-state index is 12.9. The number of carbonyl (C=O) groups excluding carboxylic acids is 1. The molecule has 1 saturated heterocycles. The fourth-order valence-electron chi connectivity index (χ4n) is 3.77. The monoisotopic (exact) mass is 433 g/mol. The molecule has 1 N–H and O–H groups in total. The normalized spacial score (nSPS) is 13.9. The van der Waals surface area contributed by atoms with E-state index in [-0.39, 0.29) is 11.5 Å². The number of aryl methyl sites for hydroxylation is 2. The van der Waals surface area contributed by atoms with Gasteiger partial charge in [0.15, 0.2) is 0 Å². The third kappa shape index (κ3) is 4.21. The van der Waals surface area contributed by atoms with Crippen LogP contribution in [0.5, 0.6) is 5.75 Å². The Hall–Kier alpha value is -3.68. The minimum absolute atomic E-state index is 0.0102. The number of carbonyl (C=O) groups is 1. The van der Waals surface area contributed by atoms with Gasteiger partial charge in [0, 0.05) is 54.8 Å². The first kappa shape index (κ1) is 21.5. The van der Waals surface area contributed by atoms with E-state index in [4.69, 9.17) is 4.74 Å². The Bertz CT molecular complexity index is 1200. The fourth-order valence-corrected chi connectivity index (χ4v) is 3.77. The van der Waals surface area contributed by atoms with Crippen molar-refractivity contribution in [2.75, 3.05) is 38.2 Å². The first-order chi connectivity index (χ1) is 15.4. The summed E-state index contributed by atoms with van der Waals surface area (Å²) in [4.78, 5) is 40.8. The Labute approximate surface area is 186 Å². The summed E-state index contributed by atoms with van der Waals surface area (Å²) in [6.45, 7) is 8.15. The topological polar surface area (TPSA) is 91.4 Å². The number of hydrogen-bond acceptors (Lipinski definition) is 6. The third-order valence-electron chi connectivity index (χ3n) is 5.96. The van der Waals surface area contributed by atoms with E-state index in [1.54, 1.807) is 26.3 Å². The number of piperazine rings is 1. The van der Waals surface area contributed by atoms with E-state index >= 15 is 0 Å². The zero-order chi connectivity index (χ0) is 22.8. The fraction of sp³-hybridized carbons (Fsp3) is 0.333. The van der Waals surface area contributed by atoms with E-state index < -0.39 is 0 Å². The Kier molecular flexibility index (Phi) is 5.94. The number of nitrogens with zero attached hydrogens (tertiary/aromatic N) is 4. The highest BCUT2D eigenvalue weighted by Crippen LogP contribution is 2.22. The number of H-pyrrole nitrogens is 1. The summed E-state index contributed by atoms with van der Waals surface area (Å²) in [6, 6.07) is 9.39. The number of hydrogen-bond donors (Lipinski definition) is 1. The lowest BCUT2D eigenvalue weighted by Gasteiger charge is -2.35.